The van der Waals surface area contributed by atoms with E-state index in [0.717, 1.165) is 11.1 Å². The second-order valence-corrected chi connectivity index (χ2v) is 1.73. The molecule has 0 aromatic heterocycles. The van der Waals surface area contributed by atoms with E-state index in [9.17, 15) is 4.79 Å². The Labute approximate surface area is 71.6 Å². The maximum Gasteiger partial charge on any atom is 3.00 e. The molecule has 0 heterocycles. The molecule has 9 heavy (non-hydrogen) atoms. The van der Waals surface area contributed by atoms with Crippen molar-refractivity contribution in [2.45, 2.75) is 13.8 Å². The zero-order valence-electron chi connectivity index (χ0n) is 7.55. The van der Waals surface area contributed by atoms with E-state index >= 15 is 0 Å². The number of allylic oxidation sites excluding steroid dienone is 3. The van der Waals surface area contributed by atoms with Crippen LogP contribution in [-0.4, -0.2) is 6.29 Å². The van der Waals surface area contributed by atoms with Crippen molar-refractivity contribution < 1.29 is 27.1 Å². The van der Waals surface area contributed by atoms with Gasteiger partial charge in [0.2, 0.25) is 0 Å². The molecule has 1 nitrogen and oxygen atoms in total. The number of hydrogen-bond acceptors (Lipinski definition) is 1. The summed E-state index contributed by atoms with van der Waals surface area (Å²) in [6, 6.07) is 0. The monoisotopic (exact) mass is 213 g/mol. The van der Waals surface area contributed by atoms with Crippen LogP contribution in [0.15, 0.2) is 23.8 Å². The van der Waals surface area contributed by atoms with Gasteiger partial charge in [0.15, 0.2) is 0 Å². The van der Waals surface area contributed by atoms with E-state index in [1.807, 2.05) is 13.8 Å². The van der Waals surface area contributed by atoms with Gasteiger partial charge in [-0.2, -0.15) is 11.6 Å². The van der Waals surface area contributed by atoms with Crippen LogP contribution in [0.2, 0.25) is 0 Å². The van der Waals surface area contributed by atoms with Gasteiger partial charge in [-0.05, 0) is 6.29 Å². The van der Waals surface area contributed by atoms with Crippen LogP contribution in [-0.2, 0) is 24.3 Å². The Morgan fingerprint density at radius 1 is 1.67 bits per heavy atom. The van der Waals surface area contributed by atoms with Gasteiger partial charge in [0.1, 0.15) is 0 Å². The molecule has 0 aliphatic rings. The standard InChI is InChI=1S/C7H9O.Ru.2H/c1-6(2)7(3)4-5-8;;;/h4H,1H2,2-3H3;;;/q-1;+3;2*-1. The molecular weight excluding hydrogens is 201 g/mol. The summed E-state index contributed by atoms with van der Waals surface area (Å²) in [6.45, 7) is 7.30. The van der Waals surface area contributed by atoms with Gasteiger partial charge in [0.05, 0.1) is 0 Å². The second-order valence-electron chi connectivity index (χ2n) is 1.73. The Balaban J connectivity index is -0.0000000817. The fourth-order valence-electron chi connectivity index (χ4n) is 0.212. The molecule has 0 amide bonds. The average molecular weight is 212 g/mol. The molecule has 0 aliphatic heterocycles. The molecule has 0 bridgehead atoms. The summed E-state index contributed by atoms with van der Waals surface area (Å²) in [5.41, 5.74) is 1.80. The molecule has 0 saturated heterocycles. The Morgan fingerprint density at radius 2 is 2.11 bits per heavy atom. The van der Waals surface area contributed by atoms with E-state index in [1.54, 1.807) is 6.29 Å². The van der Waals surface area contributed by atoms with Gasteiger partial charge in [-0.25, -0.2) is 0 Å². The molecule has 1 radical (unpaired) electrons. The van der Waals surface area contributed by atoms with E-state index in [-0.39, 0.29) is 22.3 Å². The molecular formula is C7H11ORu. The van der Waals surface area contributed by atoms with Gasteiger partial charge in [-0.3, -0.25) is 0 Å². The molecule has 0 unspecified atom stereocenters. The first-order valence-electron chi connectivity index (χ1n) is 2.39. The van der Waals surface area contributed by atoms with Crippen LogP contribution in [0.3, 0.4) is 0 Å². The van der Waals surface area contributed by atoms with Crippen LogP contribution < -0.4 is 0 Å². The molecule has 0 aromatic carbocycles. The third-order valence-corrected chi connectivity index (χ3v) is 0.949. The van der Waals surface area contributed by atoms with Gasteiger partial charge in [-0.15, -0.1) is 19.1 Å². The molecule has 0 rings (SSSR count). The molecule has 2 heteroatoms. The Bertz CT molecular complexity index is 143. The van der Waals surface area contributed by atoms with Crippen LogP contribution in [0.5, 0.6) is 0 Å². The molecule has 0 fully saturated rings. The summed E-state index contributed by atoms with van der Waals surface area (Å²) in [5, 5.41) is 0. The average Bonchev–Trinajstić information content (AvgIpc) is 1.67. The molecule has 0 spiro atoms. The van der Waals surface area contributed by atoms with Gasteiger partial charge in [0.25, 0.3) is 0 Å². The summed E-state index contributed by atoms with van der Waals surface area (Å²) in [4.78, 5) is 9.68. The first kappa shape index (κ1) is 11.6. The smallest absolute Gasteiger partial charge is 1.00 e. The summed E-state index contributed by atoms with van der Waals surface area (Å²) in [7, 11) is 0. The molecule has 0 N–H and O–H groups in total. The van der Waals surface area contributed by atoms with Crippen LogP contribution in [0.4, 0.5) is 0 Å². The minimum Gasteiger partial charge on any atom is -1.00 e. The van der Waals surface area contributed by atoms with Crippen molar-refractivity contribution >= 4 is 6.29 Å². The van der Waals surface area contributed by atoms with Crippen molar-refractivity contribution in [3.05, 3.63) is 23.8 Å². The van der Waals surface area contributed by atoms with Crippen molar-refractivity contribution in [3.63, 3.8) is 0 Å². The van der Waals surface area contributed by atoms with E-state index in [0.29, 0.717) is 0 Å². The zero-order valence-corrected chi connectivity index (χ0v) is 7.28. The Hall–Kier alpha value is -0.227. The normalized spacial score (nSPS) is 9.78. The van der Waals surface area contributed by atoms with Crippen molar-refractivity contribution in [1.29, 1.82) is 0 Å². The third kappa shape index (κ3) is 5.65. The van der Waals surface area contributed by atoms with Crippen LogP contribution in [0.1, 0.15) is 16.7 Å². The maximum absolute atomic E-state index is 9.68. The first-order chi connectivity index (χ1) is 3.68. The topological polar surface area (TPSA) is 17.1 Å². The molecule has 0 saturated carbocycles. The van der Waals surface area contributed by atoms with E-state index in [2.05, 4.69) is 6.58 Å². The van der Waals surface area contributed by atoms with Gasteiger partial charge in [0, 0.05) is 0 Å². The van der Waals surface area contributed by atoms with Crippen molar-refractivity contribution in [2.24, 2.45) is 0 Å². The predicted molar refractivity (Wildman–Crippen MR) is 36.5 cm³/mol. The van der Waals surface area contributed by atoms with Crippen molar-refractivity contribution in [1.82, 2.24) is 0 Å². The fourth-order valence-corrected chi connectivity index (χ4v) is 0.212. The van der Waals surface area contributed by atoms with Gasteiger partial charge >= 0.3 is 19.5 Å². The number of hydrogen-bond donors (Lipinski definition) is 0. The quantitative estimate of drug-likeness (QED) is 0.295. The summed E-state index contributed by atoms with van der Waals surface area (Å²) in [5.74, 6) is 0. The van der Waals surface area contributed by atoms with Crippen LogP contribution in [0.25, 0.3) is 0 Å². The summed E-state index contributed by atoms with van der Waals surface area (Å²) < 4.78 is 0. The summed E-state index contributed by atoms with van der Waals surface area (Å²) in [6.07, 6.45) is 3.05. The maximum atomic E-state index is 9.68. The molecule has 0 atom stereocenters. The largest absolute Gasteiger partial charge is 3.00 e. The third-order valence-electron chi connectivity index (χ3n) is 0.949. The number of carbonyl (C=O) groups excluding carboxylic acids is 1. The van der Waals surface area contributed by atoms with Gasteiger partial charge < -0.3 is 7.65 Å². The fraction of sp³-hybridized carbons (Fsp3) is 0.286. The molecule has 53 valence electrons. The van der Waals surface area contributed by atoms with E-state index < -0.39 is 0 Å². The minimum absolute atomic E-state index is 0. The zero-order chi connectivity index (χ0) is 6.57. The molecule has 0 aliphatic carbocycles. The minimum atomic E-state index is 0. The first-order valence-corrected chi connectivity index (χ1v) is 2.39. The van der Waals surface area contributed by atoms with Crippen molar-refractivity contribution in [2.75, 3.05) is 0 Å². The van der Waals surface area contributed by atoms with Crippen molar-refractivity contribution in [3.8, 4) is 0 Å². The second kappa shape index (κ2) is 5.90. The van der Waals surface area contributed by atoms with Crippen LogP contribution >= 0.6 is 0 Å². The number of rotatable bonds is 2. The van der Waals surface area contributed by atoms with Gasteiger partial charge in [-0.1, -0.05) is 6.92 Å². The summed E-state index contributed by atoms with van der Waals surface area (Å²) >= 11 is 0. The Morgan fingerprint density at radius 3 is 2.22 bits per heavy atom. The SMILES string of the molecule is C=C(C)C(C)=C[C-]=O.[H-].[H-].[Ru+3]. The predicted octanol–water partition coefficient (Wildman–Crippen LogP) is 1.84. The Kier molecular flexibility index (Phi) is 7.58. The van der Waals surface area contributed by atoms with E-state index in [1.165, 1.54) is 6.08 Å². The molecule has 0 aromatic rings. The van der Waals surface area contributed by atoms with E-state index in [4.69, 9.17) is 0 Å². The van der Waals surface area contributed by atoms with Crippen LogP contribution in [0, 0.1) is 0 Å².